The standard InChI is InChI=1S/C13H19N3O3S/c1-8(2)10-6-15-13(20-7-11(17)18)16(10)9-4-3-5-14-12(9)19/h6,8-9H,3-5,7H2,1-2H3,(H,14,19)(H,17,18). The summed E-state index contributed by atoms with van der Waals surface area (Å²) >= 11 is 1.16. The van der Waals surface area contributed by atoms with Crippen LogP contribution in [0.15, 0.2) is 11.4 Å². The minimum atomic E-state index is -0.885. The number of thioether (sulfide) groups is 1. The number of nitrogens with zero attached hydrogens (tertiary/aromatic N) is 2. The lowest BCUT2D eigenvalue weighted by atomic mass is 10.0. The van der Waals surface area contributed by atoms with Gasteiger partial charge in [0.25, 0.3) is 0 Å². The molecule has 1 aliphatic heterocycles. The Kier molecular flexibility index (Phi) is 4.69. The summed E-state index contributed by atoms with van der Waals surface area (Å²) in [5.41, 5.74) is 0.972. The fourth-order valence-electron chi connectivity index (χ4n) is 2.33. The number of piperidine rings is 1. The molecule has 0 radical (unpaired) electrons. The second-order valence-electron chi connectivity index (χ2n) is 5.12. The third-order valence-corrected chi connectivity index (χ3v) is 4.23. The molecule has 1 atom stereocenters. The van der Waals surface area contributed by atoms with Gasteiger partial charge in [0.05, 0.1) is 5.75 Å². The number of nitrogens with one attached hydrogen (secondary N) is 1. The number of amides is 1. The van der Waals surface area contributed by atoms with Gasteiger partial charge in [0.1, 0.15) is 6.04 Å². The Morgan fingerprint density at radius 1 is 1.65 bits per heavy atom. The van der Waals surface area contributed by atoms with Gasteiger partial charge in [-0.15, -0.1) is 0 Å². The average molecular weight is 297 g/mol. The van der Waals surface area contributed by atoms with Gasteiger partial charge in [-0.1, -0.05) is 25.6 Å². The summed E-state index contributed by atoms with van der Waals surface area (Å²) in [6.07, 6.45) is 3.44. The van der Waals surface area contributed by atoms with Crippen LogP contribution in [0.5, 0.6) is 0 Å². The second kappa shape index (κ2) is 6.30. The van der Waals surface area contributed by atoms with E-state index in [0.717, 1.165) is 30.3 Å². The van der Waals surface area contributed by atoms with Crippen molar-refractivity contribution in [3.05, 3.63) is 11.9 Å². The van der Waals surface area contributed by atoms with Gasteiger partial charge in [-0.3, -0.25) is 9.59 Å². The molecule has 0 spiro atoms. The fraction of sp³-hybridized carbons (Fsp3) is 0.615. The molecule has 1 fully saturated rings. The van der Waals surface area contributed by atoms with Crippen LogP contribution in [-0.4, -0.2) is 38.8 Å². The molecule has 1 aromatic rings. The van der Waals surface area contributed by atoms with E-state index in [0.29, 0.717) is 11.7 Å². The topological polar surface area (TPSA) is 84.2 Å². The van der Waals surface area contributed by atoms with E-state index in [2.05, 4.69) is 10.3 Å². The predicted octanol–water partition coefficient (Wildman–Crippen LogP) is 1.63. The lowest BCUT2D eigenvalue weighted by Crippen LogP contribution is -2.38. The van der Waals surface area contributed by atoms with Crippen molar-refractivity contribution in [3.63, 3.8) is 0 Å². The summed E-state index contributed by atoms with van der Waals surface area (Å²) in [6, 6.07) is -0.278. The van der Waals surface area contributed by atoms with E-state index >= 15 is 0 Å². The highest BCUT2D eigenvalue weighted by Crippen LogP contribution is 2.30. The van der Waals surface area contributed by atoms with Crippen molar-refractivity contribution in [2.45, 2.75) is 43.8 Å². The maximum Gasteiger partial charge on any atom is 0.313 e. The van der Waals surface area contributed by atoms with Crippen molar-refractivity contribution in [1.82, 2.24) is 14.9 Å². The molecular weight excluding hydrogens is 278 g/mol. The number of carboxylic acid groups (broad SMARTS) is 1. The molecule has 0 aromatic carbocycles. The molecule has 2 heterocycles. The fourth-order valence-corrected chi connectivity index (χ4v) is 3.08. The third-order valence-electron chi connectivity index (χ3n) is 3.28. The Morgan fingerprint density at radius 3 is 3.00 bits per heavy atom. The summed E-state index contributed by atoms with van der Waals surface area (Å²) < 4.78 is 1.91. The van der Waals surface area contributed by atoms with Gasteiger partial charge in [-0.25, -0.2) is 4.98 Å². The van der Waals surface area contributed by atoms with Crippen molar-refractivity contribution >= 4 is 23.6 Å². The van der Waals surface area contributed by atoms with Crippen molar-refractivity contribution < 1.29 is 14.7 Å². The quantitative estimate of drug-likeness (QED) is 0.807. The Labute approximate surface area is 122 Å². The van der Waals surface area contributed by atoms with E-state index in [9.17, 15) is 9.59 Å². The molecular formula is C13H19N3O3S. The zero-order valence-corrected chi connectivity index (χ0v) is 12.4. The summed E-state index contributed by atoms with van der Waals surface area (Å²) in [5, 5.41) is 12.3. The normalized spacial score (nSPS) is 19.1. The number of aliphatic carboxylic acids is 1. The number of rotatable bonds is 5. The van der Waals surface area contributed by atoms with E-state index in [4.69, 9.17) is 5.11 Å². The van der Waals surface area contributed by atoms with Gasteiger partial charge in [-0.2, -0.15) is 0 Å². The summed E-state index contributed by atoms with van der Waals surface area (Å²) in [4.78, 5) is 27.1. The van der Waals surface area contributed by atoms with E-state index in [1.165, 1.54) is 0 Å². The Morgan fingerprint density at radius 2 is 2.40 bits per heavy atom. The number of hydrogen-bond acceptors (Lipinski definition) is 4. The molecule has 6 nitrogen and oxygen atoms in total. The molecule has 1 saturated heterocycles. The number of aromatic nitrogens is 2. The first-order valence-corrected chi connectivity index (χ1v) is 7.68. The van der Waals surface area contributed by atoms with Crippen molar-refractivity contribution in [2.75, 3.05) is 12.3 Å². The van der Waals surface area contributed by atoms with Crippen LogP contribution in [0.1, 0.15) is 44.3 Å². The average Bonchev–Trinajstić information content (AvgIpc) is 2.80. The highest BCUT2D eigenvalue weighted by molar-refractivity contribution is 7.99. The van der Waals surface area contributed by atoms with Crippen LogP contribution in [0.25, 0.3) is 0 Å². The van der Waals surface area contributed by atoms with Crippen LogP contribution in [0.2, 0.25) is 0 Å². The van der Waals surface area contributed by atoms with Crippen molar-refractivity contribution in [1.29, 1.82) is 0 Å². The number of imidazole rings is 1. The van der Waals surface area contributed by atoms with Crippen molar-refractivity contribution in [2.24, 2.45) is 0 Å². The minimum absolute atomic E-state index is 0.00618. The van der Waals surface area contributed by atoms with E-state index in [1.807, 2.05) is 18.4 Å². The molecule has 1 aliphatic rings. The lowest BCUT2D eigenvalue weighted by molar-refractivity contribution is -0.134. The molecule has 7 heteroatoms. The van der Waals surface area contributed by atoms with E-state index in [-0.39, 0.29) is 23.6 Å². The van der Waals surface area contributed by atoms with Crippen LogP contribution in [-0.2, 0) is 9.59 Å². The highest BCUT2D eigenvalue weighted by Gasteiger charge is 2.29. The van der Waals surface area contributed by atoms with Gasteiger partial charge in [-0.05, 0) is 18.8 Å². The van der Waals surface area contributed by atoms with Gasteiger partial charge in [0.15, 0.2) is 5.16 Å². The number of carbonyl (C=O) groups excluding carboxylic acids is 1. The molecule has 2 N–H and O–H groups in total. The minimum Gasteiger partial charge on any atom is -0.481 e. The van der Waals surface area contributed by atoms with Gasteiger partial charge in [0.2, 0.25) is 5.91 Å². The molecule has 0 bridgehead atoms. The largest absolute Gasteiger partial charge is 0.481 e. The molecule has 2 rings (SSSR count). The molecule has 1 aromatic heterocycles. The number of hydrogen-bond donors (Lipinski definition) is 2. The smallest absolute Gasteiger partial charge is 0.313 e. The zero-order valence-electron chi connectivity index (χ0n) is 11.6. The molecule has 20 heavy (non-hydrogen) atoms. The van der Waals surface area contributed by atoms with E-state index in [1.54, 1.807) is 6.20 Å². The molecule has 0 aliphatic carbocycles. The van der Waals surface area contributed by atoms with Crippen LogP contribution in [0, 0.1) is 0 Å². The zero-order chi connectivity index (χ0) is 14.7. The molecule has 110 valence electrons. The molecule has 1 amide bonds. The number of carbonyl (C=O) groups is 2. The summed E-state index contributed by atoms with van der Waals surface area (Å²) in [6.45, 7) is 4.79. The first-order chi connectivity index (χ1) is 9.50. The first kappa shape index (κ1) is 14.9. The highest BCUT2D eigenvalue weighted by atomic mass is 32.2. The third kappa shape index (κ3) is 3.15. The van der Waals surface area contributed by atoms with Crippen molar-refractivity contribution in [3.8, 4) is 0 Å². The second-order valence-corrected chi connectivity index (χ2v) is 6.06. The maximum absolute atomic E-state index is 12.1. The molecule has 1 unspecified atom stereocenters. The van der Waals surface area contributed by atoms with Crippen LogP contribution >= 0.6 is 11.8 Å². The molecule has 0 saturated carbocycles. The van der Waals surface area contributed by atoms with Gasteiger partial charge < -0.3 is 15.0 Å². The Bertz CT molecular complexity index is 513. The first-order valence-electron chi connectivity index (χ1n) is 6.70. The van der Waals surface area contributed by atoms with E-state index < -0.39 is 5.97 Å². The van der Waals surface area contributed by atoms with Gasteiger partial charge in [0, 0.05) is 18.4 Å². The Balaban J connectivity index is 2.33. The summed E-state index contributed by atoms with van der Waals surface area (Å²) in [5.74, 6) is -0.712. The van der Waals surface area contributed by atoms with Crippen LogP contribution in [0.3, 0.4) is 0 Å². The van der Waals surface area contributed by atoms with Gasteiger partial charge >= 0.3 is 5.97 Å². The Hall–Kier alpha value is -1.50. The SMILES string of the molecule is CC(C)c1cnc(SCC(=O)O)n1C1CCCNC1=O. The lowest BCUT2D eigenvalue weighted by Gasteiger charge is -2.26. The van der Waals surface area contributed by atoms with Crippen LogP contribution in [0.4, 0.5) is 0 Å². The monoisotopic (exact) mass is 297 g/mol. The number of carboxylic acids is 1. The maximum atomic E-state index is 12.1. The summed E-state index contributed by atoms with van der Waals surface area (Å²) in [7, 11) is 0. The predicted molar refractivity (Wildman–Crippen MR) is 76.0 cm³/mol. The van der Waals surface area contributed by atoms with Crippen LogP contribution < -0.4 is 5.32 Å².